The van der Waals surface area contributed by atoms with Crippen molar-refractivity contribution in [3.05, 3.63) is 64.2 Å². The topological polar surface area (TPSA) is 27.7 Å². The molecule has 2 rings (SSSR count). The molecule has 0 heterocycles. The lowest BCUT2D eigenvalue weighted by molar-refractivity contribution is -0.271. The summed E-state index contributed by atoms with van der Waals surface area (Å²) in [4.78, 5) is 11.0. The molecule has 0 unspecified atom stereocenters. The fourth-order valence-electron chi connectivity index (χ4n) is 2.25. The van der Waals surface area contributed by atoms with E-state index in [4.69, 9.17) is 21.2 Å². The maximum absolute atomic E-state index is 6.24. The van der Waals surface area contributed by atoms with E-state index in [2.05, 4.69) is 30.1 Å². The summed E-state index contributed by atoms with van der Waals surface area (Å²) in [5.41, 5.74) is 2.76. The maximum atomic E-state index is 6.24. The van der Waals surface area contributed by atoms with Crippen LogP contribution >= 0.6 is 36.9 Å². The van der Waals surface area contributed by atoms with E-state index in [1.54, 1.807) is 7.11 Å². The van der Waals surface area contributed by atoms with E-state index in [0.29, 0.717) is 23.0 Å². The molecule has 2 aromatic rings. The normalized spacial score (nSPS) is 12.0. The first-order valence-corrected chi connectivity index (χ1v) is 8.55. The quantitative estimate of drug-likeness (QED) is 0.228. The minimum Gasteiger partial charge on any atom is -0.496 e. The predicted octanol–water partition coefficient (Wildman–Crippen LogP) is 5.15. The molecule has 0 amide bonds. The smallest absolute Gasteiger partial charge is 0.122 e. The molecule has 0 N–H and O–H groups in total. The van der Waals surface area contributed by atoms with Crippen LogP contribution in [0.5, 0.6) is 5.75 Å². The van der Waals surface area contributed by atoms with Crippen molar-refractivity contribution in [2.24, 2.45) is 0 Å². The Morgan fingerprint density at radius 2 is 1.79 bits per heavy atom. The number of hydrogen-bond donors (Lipinski definition) is 2. The monoisotopic (exact) mass is 382 g/mol. The number of methoxy groups -OCH3 is 1. The van der Waals surface area contributed by atoms with Crippen molar-refractivity contribution in [2.45, 2.75) is 6.42 Å². The van der Waals surface area contributed by atoms with Crippen LogP contribution in [0.4, 0.5) is 0 Å². The summed E-state index contributed by atoms with van der Waals surface area (Å²) in [7, 11) is 3.12. The molecule has 0 fully saturated rings. The molecule has 0 aliphatic carbocycles. The lowest BCUT2D eigenvalue weighted by atomic mass is 10.1. The van der Waals surface area contributed by atoms with Gasteiger partial charge in [-0.3, -0.25) is 0 Å². The van der Waals surface area contributed by atoms with Gasteiger partial charge in [-0.1, -0.05) is 41.9 Å². The molecule has 24 heavy (non-hydrogen) atoms. The van der Waals surface area contributed by atoms with Gasteiger partial charge in [0, 0.05) is 26.8 Å². The van der Waals surface area contributed by atoms with Crippen LogP contribution in [0.25, 0.3) is 9.81 Å². The molecule has 0 bridgehead atoms. The van der Waals surface area contributed by atoms with E-state index in [1.807, 2.05) is 42.5 Å². The third-order valence-corrected chi connectivity index (χ3v) is 4.94. The zero-order valence-corrected chi connectivity index (χ0v) is 16.0. The minimum absolute atomic E-state index is 0.452. The minimum atomic E-state index is 0.452. The molecular formula is C18H19ClO3S2. The Morgan fingerprint density at radius 3 is 2.46 bits per heavy atom. The van der Waals surface area contributed by atoms with Crippen LogP contribution < -0.4 is 4.74 Å². The van der Waals surface area contributed by atoms with Crippen LogP contribution in [0.2, 0.25) is 5.02 Å². The highest BCUT2D eigenvalue weighted by atomic mass is 35.5. The zero-order chi connectivity index (χ0) is 17.5. The highest BCUT2D eigenvalue weighted by molar-refractivity contribution is 7.96. The number of halogens is 1. The summed E-state index contributed by atoms with van der Waals surface area (Å²) in [6.07, 6.45) is 0.682. The van der Waals surface area contributed by atoms with Crippen LogP contribution in [0.3, 0.4) is 0 Å². The molecule has 2 aromatic carbocycles. The van der Waals surface area contributed by atoms with Gasteiger partial charge in [-0.25, -0.2) is 9.78 Å². The molecule has 0 aromatic heterocycles. The fourth-order valence-corrected chi connectivity index (χ4v) is 3.13. The number of hydrogen-bond acceptors (Lipinski definition) is 5. The van der Waals surface area contributed by atoms with Gasteiger partial charge in [0.2, 0.25) is 0 Å². The van der Waals surface area contributed by atoms with Crippen molar-refractivity contribution in [3.8, 4) is 5.75 Å². The summed E-state index contributed by atoms with van der Waals surface area (Å²) in [6.45, 7) is 0.452. The van der Waals surface area contributed by atoms with Crippen LogP contribution in [0.15, 0.2) is 42.5 Å². The van der Waals surface area contributed by atoms with Crippen LogP contribution in [0.1, 0.15) is 16.7 Å². The second kappa shape index (κ2) is 9.39. The van der Waals surface area contributed by atoms with E-state index in [-0.39, 0.29) is 0 Å². The lowest BCUT2D eigenvalue weighted by Gasteiger charge is -2.13. The van der Waals surface area contributed by atoms with Gasteiger partial charge < -0.3 is 4.74 Å². The van der Waals surface area contributed by atoms with Crippen LogP contribution in [0, 0.1) is 0 Å². The Morgan fingerprint density at radius 1 is 1.04 bits per heavy atom. The molecule has 6 heteroatoms. The SMILES string of the molecule is COOCCc1ccc(C(S)=C(S)c2ccccc2Cl)cc1OC. The second-order valence-corrected chi connectivity index (χ2v) is 6.24. The second-order valence-electron chi connectivity index (χ2n) is 4.94. The van der Waals surface area contributed by atoms with Crippen molar-refractivity contribution >= 4 is 46.7 Å². The van der Waals surface area contributed by atoms with Gasteiger partial charge in [0.1, 0.15) is 5.75 Å². The van der Waals surface area contributed by atoms with Crippen molar-refractivity contribution in [3.63, 3.8) is 0 Å². The van der Waals surface area contributed by atoms with Gasteiger partial charge in [-0.15, -0.1) is 25.3 Å². The van der Waals surface area contributed by atoms with E-state index in [0.717, 1.165) is 27.3 Å². The Hall–Kier alpha value is -1.11. The van der Waals surface area contributed by atoms with Crippen molar-refractivity contribution < 1.29 is 14.5 Å². The molecule has 0 atom stereocenters. The summed E-state index contributed by atoms with van der Waals surface area (Å²) >= 11 is 15.5. The van der Waals surface area contributed by atoms with Gasteiger partial charge in [0.25, 0.3) is 0 Å². The average Bonchev–Trinajstić information content (AvgIpc) is 2.61. The molecule has 3 nitrogen and oxygen atoms in total. The molecule has 0 saturated carbocycles. The molecule has 0 aliphatic heterocycles. The van der Waals surface area contributed by atoms with Gasteiger partial charge >= 0.3 is 0 Å². The number of rotatable bonds is 7. The van der Waals surface area contributed by atoms with Crippen molar-refractivity contribution in [2.75, 3.05) is 20.8 Å². The highest BCUT2D eigenvalue weighted by Crippen LogP contribution is 2.36. The first-order valence-electron chi connectivity index (χ1n) is 7.28. The van der Waals surface area contributed by atoms with Gasteiger partial charge in [-0.2, -0.15) is 0 Å². The van der Waals surface area contributed by atoms with E-state index < -0.39 is 0 Å². The number of ether oxygens (including phenoxy) is 1. The number of benzene rings is 2. The first kappa shape index (κ1) is 19.2. The third-order valence-electron chi connectivity index (χ3n) is 3.49. The van der Waals surface area contributed by atoms with E-state index in [9.17, 15) is 0 Å². The first-order chi connectivity index (χ1) is 11.6. The Balaban J connectivity index is 2.34. The molecular weight excluding hydrogens is 364 g/mol. The summed E-state index contributed by atoms with van der Waals surface area (Å²) in [5.74, 6) is 0.763. The zero-order valence-electron chi connectivity index (χ0n) is 13.5. The molecule has 0 saturated heterocycles. The summed E-state index contributed by atoms with van der Waals surface area (Å²) < 4.78 is 5.47. The van der Waals surface area contributed by atoms with Crippen LogP contribution in [-0.2, 0) is 16.2 Å². The van der Waals surface area contributed by atoms with Crippen LogP contribution in [-0.4, -0.2) is 20.8 Å². The molecule has 0 aliphatic rings. The number of thiol groups is 2. The Bertz CT molecular complexity index is 732. The standard InChI is InChI=1S/C18H19ClO3S2/c1-20-16-11-13(8-7-12(16)9-10-22-21-2)17(23)18(24)14-5-3-4-6-15(14)19/h3-8,11,23-24H,9-10H2,1-2H3. The Labute approximate surface area is 158 Å². The third kappa shape index (κ3) is 4.71. The van der Waals surface area contributed by atoms with Gasteiger partial charge in [-0.05, 0) is 23.3 Å². The Kier molecular flexibility index (Phi) is 7.52. The van der Waals surface area contributed by atoms with Crippen molar-refractivity contribution in [1.82, 2.24) is 0 Å². The van der Waals surface area contributed by atoms with E-state index in [1.165, 1.54) is 7.11 Å². The van der Waals surface area contributed by atoms with E-state index >= 15 is 0 Å². The lowest BCUT2D eigenvalue weighted by Crippen LogP contribution is -2.00. The largest absolute Gasteiger partial charge is 0.496 e. The molecule has 0 radical (unpaired) electrons. The maximum Gasteiger partial charge on any atom is 0.122 e. The summed E-state index contributed by atoms with van der Waals surface area (Å²) in [6, 6.07) is 13.4. The molecule has 128 valence electrons. The summed E-state index contributed by atoms with van der Waals surface area (Å²) in [5, 5.41) is 0.634. The van der Waals surface area contributed by atoms with Gasteiger partial charge in [0.05, 0.1) is 20.8 Å². The van der Waals surface area contributed by atoms with Gasteiger partial charge in [0.15, 0.2) is 0 Å². The van der Waals surface area contributed by atoms with Crippen molar-refractivity contribution in [1.29, 1.82) is 0 Å². The fraction of sp³-hybridized carbons (Fsp3) is 0.222. The predicted molar refractivity (Wildman–Crippen MR) is 106 cm³/mol. The molecule has 0 spiro atoms. The average molecular weight is 383 g/mol. The highest BCUT2D eigenvalue weighted by Gasteiger charge is 2.11.